The molecular formula is C21H22F3N3O4. The molecule has 2 unspecified atom stereocenters. The minimum Gasteiger partial charge on any atom is -0.481 e. The van der Waals surface area contributed by atoms with E-state index in [2.05, 4.69) is 15.4 Å². The maximum atomic E-state index is 13.2. The molecule has 4 rings (SSSR count). The van der Waals surface area contributed by atoms with Crippen LogP contribution >= 0.6 is 0 Å². The smallest absolute Gasteiger partial charge is 0.417 e. The topological polar surface area (TPSA) is 95.7 Å². The summed E-state index contributed by atoms with van der Waals surface area (Å²) >= 11 is 0. The molecule has 10 heteroatoms. The van der Waals surface area contributed by atoms with E-state index in [0.29, 0.717) is 25.4 Å². The molecule has 1 aromatic carbocycles. The van der Waals surface area contributed by atoms with Crippen LogP contribution in [0.4, 0.5) is 13.2 Å². The van der Waals surface area contributed by atoms with Crippen LogP contribution in [0.2, 0.25) is 0 Å². The summed E-state index contributed by atoms with van der Waals surface area (Å²) in [6.07, 6.45) is -1.79. The fourth-order valence-electron chi connectivity index (χ4n) is 3.97. The van der Waals surface area contributed by atoms with Crippen molar-refractivity contribution in [1.29, 1.82) is 0 Å². The van der Waals surface area contributed by atoms with Crippen LogP contribution in [0.3, 0.4) is 0 Å². The molecule has 2 aliphatic rings. The normalized spacial score (nSPS) is 22.3. The predicted molar refractivity (Wildman–Crippen MR) is 103 cm³/mol. The number of halogens is 3. The zero-order valence-electron chi connectivity index (χ0n) is 16.6. The van der Waals surface area contributed by atoms with E-state index in [-0.39, 0.29) is 17.0 Å². The first-order valence-corrected chi connectivity index (χ1v) is 10.1. The first-order valence-electron chi connectivity index (χ1n) is 10.1. The van der Waals surface area contributed by atoms with Gasteiger partial charge in [0.25, 0.3) is 5.91 Å². The highest BCUT2D eigenvalue weighted by molar-refractivity contribution is 5.93. The molecule has 2 N–H and O–H groups in total. The van der Waals surface area contributed by atoms with Crippen molar-refractivity contribution in [3.8, 4) is 11.3 Å². The number of carboxylic acids is 1. The van der Waals surface area contributed by atoms with Crippen molar-refractivity contribution in [3.05, 3.63) is 41.6 Å². The van der Waals surface area contributed by atoms with Crippen LogP contribution in [0, 0.1) is 11.8 Å². The van der Waals surface area contributed by atoms with Gasteiger partial charge in [0.05, 0.1) is 11.5 Å². The van der Waals surface area contributed by atoms with E-state index in [0.717, 1.165) is 18.7 Å². The van der Waals surface area contributed by atoms with Gasteiger partial charge in [-0.2, -0.15) is 13.2 Å². The van der Waals surface area contributed by atoms with E-state index >= 15 is 0 Å². The molecule has 1 aliphatic carbocycles. The summed E-state index contributed by atoms with van der Waals surface area (Å²) in [6, 6.07) is 5.39. The molecule has 166 valence electrons. The Bertz CT molecular complexity index is 971. The SMILES string of the molecule is O=C(NC1CCN(CC2CC2)CC1C(=O)O)c1cc(-c2ccccc2C(F)(F)F)on1. The third-order valence-corrected chi connectivity index (χ3v) is 5.78. The van der Waals surface area contributed by atoms with Crippen molar-refractivity contribution >= 4 is 11.9 Å². The van der Waals surface area contributed by atoms with E-state index in [1.807, 2.05) is 0 Å². The maximum Gasteiger partial charge on any atom is 0.417 e. The Morgan fingerprint density at radius 1 is 1.23 bits per heavy atom. The van der Waals surface area contributed by atoms with Gasteiger partial charge in [-0.1, -0.05) is 23.4 Å². The first-order chi connectivity index (χ1) is 14.7. The quantitative estimate of drug-likeness (QED) is 0.720. The Labute approximate surface area is 176 Å². The zero-order chi connectivity index (χ0) is 22.2. The van der Waals surface area contributed by atoms with Gasteiger partial charge < -0.3 is 19.8 Å². The summed E-state index contributed by atoms with van der Waals surface area (Å²) in [7, 11) is 0. The highest BCUT2D eigenvalue weighted by Gasteiger charge is 2.38. The van der Waals surface area contributed by atoms with Gasteiger partial charge in [0, 0.05) is 37.3 Å². The van der Waals surface area contributed by atoms with Crippen molar-refractivity contribution < 1.29 is 32.4 Å². The number of nitrogens with one attached hydrogen (secondary N) is 1. The summed E-state index contributed by atoms with van der Waals surface area (Å²) < 4.78 is 44.7. The summed E-state index contributed by atoms with van der Waals surface area (Å²) in [5.41, 5.74) is -1.32. The molecule has 0 bridgehead atoms. The number of nitrogens with zero attached hydrogens (tertiary/aromatic N) is 2. The van der Waals surface area contributed by atoms with Crippen LogP contribution in [0.15, 0.2) is 34.9 Å². The number of carboxylic acid groups (broad SMARTS) is 1. The molecule has 0 radical (unpaired) electrons. The van der Waals surface area contributed by atoms with Gasteiger partial charge in [0.15, 0.2) is 11.5 Å². The summed E-state index contributed by atoms with van der Waals surface area (Å²) in [6.45, 7) is 1.89. The lowest BCUT2D eigenvalue weighted by molar-refractivity contribution is -0.144. The number of benzene rings is 1. The minimum atomic E-state index is -4.59. The lowest BCUT2D eigenvalue weighted by Gasteiger charge is -2.36. The molecule has 1 saturated carbocycles. The monoisotopic (exact) mass is 437 g/mol. The number of aliphatic carboxylic acids is 1. The van der Waals surface area contributed by atoms with Crippen LogP contribution in [-0.4, -0.2) is 52.7 Å². The van der Waals surface area contributed by atoms with Crippen LogP contribution in [-0.2, 0) is 11.0 Å². The van der Waals surface area contributed by atoms with Gasteiger partial charge in [-0.15, -0.1) is 0 Å². The van der Waals surface area contributed by atoms with Gasteiger partial charge in [0.1, 0.15) is 0 Å². The largest absolute Gasteiger partial charge is 0.481 e. The molecule has 2 fully saturated rings. The second-order valence-electron chi connectivity index (χ2n) is 8.14. The molecule has 1 aromatic heterocycles. The number of rotatable bonds is 6. The third-order valence-electron chi connectivity index (χ3n) is 5.78. The molecule has 31 heavy (non-hydrogen) atoms. The second kappa shape index (κ2) is 8.33. The Balaban J connectivity index is 1.46. The van der Waals surface area contributed by atoms with Gasteiger partial charge >= 0.3 is 12.1 Å². The number of hydrogen-bond acceptors (Lipinski definition) is 5. The van der Waals surface area contributed by atoms with Crippen molar-refractivity contribution in [2.75, 3.05) is 19.6 Å². The highest BCUT2D eigenvalue weighted by atomic mass is 19.4. The Kier molecular flexibility index (Phi) is 5.74. The molecule has 2 atom stereocenters. The lowest BCUT2D eigenvalue weighted by atomic mass is 9.91. The minimum absolute atomic E-state index is 0.188. The van der Waals surface area contributed by atoms with E-state index in [1.165, 1.54) is 31.0 Å². The molecule has 1 amide bonds. The molecule has 0 spiro atoms. The third kappa shape index (κ3) is 4.90. The molecular weight excluding hydrogens is 415 g/mol. The van der Waals surface area contributed by atoms with Gasteiger partial charge in [-0.25, -0.2) is 0 Å². The zero-order valence-corrected chi connectivity index (χ0v) is 16.6. The first kappa shape index (κ1) is 21.4. The second-order valence-corrected chi connectivity index (χ2v) is 8.14. The standard InChI is InChI=1S/C21H22F3N3O4/c22-21(23,24)15-4-2-1-3-13(15)18-9-17(26-31-18)19(28)25-16-7-8-27(10-12-5-6-12)11-14(16)20(29)30/h1-4,9,12,14,16H,5-8,10-11H2,(H,25,28)(H,29,30). The summed E-state index contributed by atoms with van der Waals surface area (Å²) in [5, 5.41) is 15.9. The lowest BCUT2D eigenvalue weighted by Crippen LogP contribution is -2.53. The van der Waals surface area contributed by atoms with E-state index in [4.69, 9.17) is 4.52 Å². The van der Waals surface area contributed by atoms with Crippen molar-refractivity contribution in [2.45, 2.75) is 31.5 Å². The molecule has 1 saturated heterocycles. The van der Waals surface area contributed by atoms with Crippen molar-refractivity contribution in [3.63, 3.8) is 0 Å². The van der Waals surface area contributed by atoms with E-state index in [9.17, 15) is 27.9 Å². The summed E-state index contributed by atoms with van der Waals surface area (Å²) in [5.74, 6) is -1.99. The van der Waals surface area contributed by atoms with Gasteiger partial charge in [0.2, 0.25) is 0 Å². The Hall–Kier alpha value is -2.88. The Morgan fingerprint density at radius 2 is 1.97 bits per heavy atom. The van der Waals surface area contributed by atoms with Crippen molar-refractivity contribution in [1.82, 2.24) is 15.4 Å². The molecule has 2 aromatic rings. The number of amides is 1. The number of likely N-dealkylation sites (tertiary alicyclic amines) is 1. The predicted octanol–water partition coefficient (Wildman–Crippen LogP) is 3.28. The fourth-order valence-corrected chi connectivity index (χ4v) is 3.97. The number of aromatic nitrogens is 1. The fraction of sp³-hybridized carbons (Fsp3) is 0.476. The number of alkyl halides is 3. The van der Waals surface area contributed by atoms with E-state index in [1.54, 1.807) is 0 Å². The average Bonchev–Trinajstić information content (AvgIpc) is 3.39. The number of piperidine rings is 1. The number of carbonyl (C=O) groups is 2. The van der Waals surface area contributed by atoms with Gasteiger partial charge in [-0.05, 0) is 31.2 Å². The van der Waals surface area contributed by atoms with Crippen LogP contribution in [0.1, 0.15) is 35.3 Å². The maximum absolute atomic E-state index is 13.2. The van der Waals surface area contributed by atoms with Gasteiger partial charge in [-0.3, -0.25) is 9.59 Å². The Morgan fingerprint density at radius 3 is 2.65 bits per heavy atom. The average molecular weight is 437 g/mol. The van der Waals surface area contributed by atoms with E-state index < -0.39 is 35.6 Å². The highest BCUT2D eigenvalue weighted by Crippen LogP contribution is 2.37. The number of hydrogen-bond donors (Lipinski definition) is 2. The summed E-state index contributed by atoms with van der Waals surface area (Å²) in [4.78, 5) is 26.5. The number of carbonyl (C=O) groups excluding carboxylic acids is 1. The van der Waals surface area contributed by atoms with Crippen LogP contribution in [0.25, 0.3) is 11.3 Å². The van der Waals surface area contributed by atoms with Crippen molar-refractivity contribution in [2.24, 2.45) is 11.8 Å². The molecule has 7 nitrogen and oxygen atoms in total. The molecule has 2 heterocycles. The van der Waals surface area contributed by atoms with Crippen LogP contribution in [0.5, 0.6) is 0 Å². The molecule has 1 aliphatic heterocycles. The van der Waals surface area contributed by atoms with Crippen LogP contribution < -0.4 is 5.32 Å².